The van der Waals surface area contributed by atoms with Gasteiger partial charge in [0.25, 0.3) is 0 Å². The highest BCUT2D eigenvalue weighted by Gasteiger charge is 2.29. The van der Waals surface area contributed by atoms with Crippen molar-refractivity contribution >= 4 is 17.4 Å². The number of halogens is 1. The number of carbonyl (C=O) groups is 1. The number of rotatable bonds is 6. The zero-order valence-corrected chi connectivity index (χ0v) is 16.3. The molecular formula is C20H23FN6O2. The first-order valence-corrected chi connectivity index (χ1v) is 9.62. The van der Waals surface area contributed by atoms with E-state index in [2.05, 4.69) is 20.0 Å². The fourth-order valence-electron chi connectivity index (χ4n) is 3.83. The van der Waals surface area contributed by atoms with E-state index in [0.29, 0.717) is 24.4 Å². The van der Waals surface area contributed by atoms with E-state index in [1.54, 1.807) is 0 Å². The number of fused-ring (bicyclic) bond motifs is 2. The molecule has 8 nitrogen and oxygen atoms in total. The van der Waals surface area contributed by atoms with Crippen LogP contribution < -0.4 is 10.6 Å². The fraction of sp³-hybridized carbons (Fsp3) is 0.400. The van der Waals surface area contributed by atoms with Crippen molar-refractivity contribution in [2.24, 2.45) is 5.73 Å². The molecule has 29 heavy (non-hydrogen) atoms. The van der Waals surface area contributed by atoms with Gasteiger partial charge in [0, 0.05) is 30.0 Å². The summed E-state index contributed by atoms with van der Waals surface area (Å²) in [6.45, 7) is 4.62. The predicted octanol–water partition coefficient (Wildman–Crippen LogP) is 2.37. The molecule has 1 aliphatic rings. The molecular weight excluding hydrogens is 375 g/mol. The molecule has 4 rings (SSSR count). The summed E-state index contributed by atoms with van der Waals surface area (Å²) >= 11 is 0. The van der Waals surface area contributed by atoms with E-state index in [1.165, 1.54) is 23.0 Å². The number of nitrogens with two attached hydrogens (primary N) is 1. The maximum atomic E-state index is 14.0. The molecule has 3 aromatic rings. The van der Waals surface area contributed by atoms with Crippen LogP contribution in [0.1, 0.15) is 53.5 Å². The van der Waals surface area contributed by atoms with Crippen LogP contribution in [0.5, 0.6) is 0 Å². The number of aryl methyl sites for hydroxylation is 1. The number of hydrogen-bond acceptors (Lipinski definition) is 6. The molecule has 0 fully saturated rings. The van der Waals surface area contributed by atoms with E-state index < -0.39 is 5.97 Å². The van der Waals surface area contributed by atoms with Crippen LogP contribution in [-0.2, 0) is 12.8 Å². The Labute approximate surface area is 167 Å². The fourth-order valence-corrected chi connectivity index (χ4v) is 3.83. The normalized spacial score (nSPS) is 15.5. The first-order chi connectivity index (χ1) is 13.8. The molecule has 4 heterocycles. The summed E-state index contributed by atoms with van der Waals surface area (Å²) in [5, 5.41) is 13.5. The van der Waals surface area contributed by atoms with Gasteiger partial charge >= 0.3 is 5.97 Å². The van der Waals surface area contributed by atoms with Crippen LogP contribution >= 0.6 is 0 Å². The first-order valence-electron chi connectivity index (χ1n) is 9.62. The molecule has 0 radical (unpaired) electrons. The molecule has 9 heteroatoms. The molecule has 0 spiro atoms. The minimum Gasteiger partial charge on any atom is -0.477 e. The van der Waals surface area contributed by atoms with Crippen LogP contribution in [0.15, 0.2) is 24.7 Å². The predicted molar refractivity (Wildman–Crippen MR) is 106 cm³/mol. The lowest BCUT2D eigenvalue weighted by Crippen LogP contribution is -2.27. The van der Waals surface area contributed by atoms with Crippen molar-refractivity contribution < 1.29 is 14.3 Å². The Morgan fingerprint density at radius 2 is 2.17 bits per heavy atom. The molecule has 152 valence electrons. The molecule has 0 aromatic carbocycles. The second kappa shape index (κ2) is 7.40. The molecule has 0 saturated carbocycles. The third-order valence-corrected chi connectivity index (χ3v) is 5.40. The van der Waals surface area contributed by atoms with Gasteiger partial charge in [-0.3, -0.25) is 4.98 Å². The summed E-state index contributed by atoms with van der Waals surface area (Å²) in [6, 6.07) is 1.38. The van der Waals surface area contributed by atoms with Gasteiger partial charge in [-0.05, 0) is 44.7 Å². The Balaban J connectivity index is 1.72. The minimum absolute atomic E-state index is 0.0313. The largest absolute Gasteiger partial charge is 0.477 e. The van der Waals surface area contributed by atoms with E-state index in [-0.39, 0.29) is 23.5 Å². The highest BCUT2D eigenvalue weighted by molar-refractivity contribution is 5.94. The number of pyridine rings is 1. The van der Waals surface area contributed by atoms with Crippen molar-refractivity contribution in [3.8, 4) is 0 Å². The van der Waals surface area contributed by atoms with Crippen LogP contribution in [0.2, 0.25) is 0 Å². The number of carboxylic acid groups (broad SMARTS) is 1. The second-order valence-electron chi connectivity index (χ2n) is 7.55. The van der Waals surface area contributed by atoms with Gasteiger partial charge in [-0.15, -0.1) is 0 Å². The number of aromatic nitrogens is 4. The Morgan fingerprint density at radius 1 is 1.38 bits per heavy atom. The Morgan fingerprint density at radius 3 is 2.90 bits per heavy atom. The van der Waals surface area contributed by atoms with Crippen LogP contribution in [0.25, 0.3) is 5.65 Å². The first kappa shape index (κ1) is 19.3. The zero-order chi connectivity index (χ0) is 20.7. The lowest BCUT2D eigenvalue weighted by Gasteiger charge is -2.28. The standard InChI is InChI=1S/C20H23FN6O2/c1-11(22)3-4-17-15(7-14(21)8-23-17)12(2)26-6-5-13-10-27-19(25-18(13)26)16(9-24-27)20(28)29/h7-12H,3-6,22H2,1-2H3,(H,28,29)/t11-,12?/m1/s1. The summed E-state index contributed by atoms with van der Waals surface area (Å²) in [5.74, 6) is -0.754. The number of anilines is 1. The highest BCUT2D eigenvalue weighted by atomic mass is 19.1. The zero-order valence-electron chi connectivity index (χ0n) is 16.3. The summed E-state index contributed by atoms with van der Waals surface area (Å²) in [7, 11) is 0. The number of carboxylic acids is 1. The van der Waals surface area contributed by atoms with Gasteiger partial charge in [-0.25, -0.2) is 18.7 Å². The Kier molecular flexibility index (Phi) is 4.91. The van der Waals surface area contributed by atoms with Crippen LogP contribution in [0.4, 0.5) is 10.2 Å². The molecule has 0 aliphatic carbocycles. The molecule has 2 atom stereocenters. The minimum atomic E-state index is -1.07. The van der Waals surface area contributed by atoms with Gasteiger partial charge < -0.3 is 15.7 Å². The van der Waals surface area contributed by atoms with Crippen LogP contribution in [-0.4, -0.2) is 43.2 Å². The summed E-state index contributed by atoms with van der Waals surface area (Å²) in [6.07, 6.45) is 6.52. The lowest BCUT2D eigenvalue weighted by molar-refractivity contribution is 0.0698. The SMILES string of the molecule is CC(c1cc(F)cnc1CC[C@@H](C)N)N1CCc2cn3ncc(C(=O)O)c3nc21. The molecule has 0 amide bonds. The molecule has 0 bridgehead atoms. The monoisotopic (exact) mass is 398 g/mol. The van der Waals surface area contributed by atoms with Gasteiger partial charge in [0.15, 0.2) is 5.65 Å². The van der Waals surface area contributed by atoms with Crippen molar-refractivity contribution in [3.63, 3.8) is 0 Å². The van der Waals surface area contributed by atoms with Crippen molar-refractivity contribution in [3.05, 3.63) is 52.9 Å². The Hall–Kier alpha value is -3.07. The average Bonchev–Trinajstić information content (AvgIpc) is 3.28. The van der Waals surface area contributed by atoms with Crippen molar-refractivity contribution in [2.75, 3.05) is 11.4 Å². The topological polar surface area (TPSA) is 110 Å². The van der Waals surface area contributed by atoms with Gasteiger partial charge in [-0.1, -0.05) is 0 Å². The smallest absolute Gasteiger partial charge is 0.341 e. The maximum Gasteiger partial charge on any atom is 0.341 e. The van der Waals surface area contributed by atoms with E-state index in [4.69, 9.17) is 5.73 Å². The second-order valence-corrected chi connectivity index (χ2v) is 7.55. The summed E-state index contributed by atoms with van der Waals surface area (Å²) in [4.78, 5) is 22.4. The van der Waals surface area contributed by atoms with Gasteiger partial charge in [0.1, 0.15) is 17.2 Å². The Bertz CT molecular complexity index is 1080. The average molecular weight is 398 g/mol. The molecule has 1 aliphatic heterocycles. The molecule has 1 unspecified atom stereocenters. The number of nitrogens with zero attached hydrogens (tertiary/aromatic N) is 5. The third kappa shape index (κ3) is 3.53. The number of hydrogen-bond donors (Lipinski definition) is 2. The third-order valence-electron chi connectivity index (χ3n) is 5.40. The van der Waals surface area contributed by atoms with Crippen molar-refractivity contribution in [1.82, 2.24) is 19.6 Å². The van der Waals surface area contributed by atoms with Gasteiger partial charge in [0.2, 0.25) is 0 Å². The summed E-state index contributed by atoms with van der Waals surface area (Å²) < 4.78 is 15.5. The molecule has 0 saturated heterocycles. The van der Waals surface area contributed by atoms with Crippen LogP contribution in [0.3, 0.4) is 0 Å². The molecule has 3 aromatic heterocycles. The highest BCUT2D eigenvalue weighted by Crippen LogP contribution is 2.35. The van der Waals surface area contributed by atoms with E-state index in [1.807, 2.05) is 20.0 Å². The van der Waals surface area contributed by atoms with Crippen molar-refractivity contribution in [1.29, 1.82) is 0 Å². The lowest BCUT2D eigenvalue weighted by atomic mass is 10.0. The van der Waals surface area contributed by atoms with Crippen molar-refractivity contribution in [2.45, 2.75) is 45.2 Å². The number of aromatic carboxylic acids is 1. The van der Waals surface area contributed by atoms with E-state index in [9.17, 15) is 14.3 Å². The van der Waals surface area contributed by atoms with Gasteiger partial charge in [-0.2, -0.15) is 5.10 Å². The quantitative estimate of drug-likeness (QED) is 0.656. The van der Waals surface area contributed by atoms with Gasteiger partial charge in [0.05, 0.1) is 18.4 Å². The van der Waals surface area contributed by atoms with E-state index in [0.717, 1.165) is 29.7 Å². The maximum absolute atomic E-state index is 14.0. The van der Waals surface area contributed by atoms with Crippen LogP contribution in [0, 0.1) is 5.82 Å². The summed E-state index contributed by atoms with van der Waals surface area (Å²) in [5.41, 5.74) is 8.83. The van der Waals surface area contributed by atoms with E-state index >= 15 is 0 Å². The molecule has 3 N–H and O–H groups in total.